The van der Waals surface area contributed by atoms with E-state index in [9.17, 15) is 9.59 Å². The lowest BCUT2D eigenvalue weighted by atomic mass is 9.49. The van der Waals surface area contributed by atoms with E-state index in [0.717, 1.165) is 31.2 Å². The van der Waals surface area contributed by atoms with Crippen LogP contribution < -0.4 is 5.32 Å². The monoisotopic (exact) mass is 395 g/mol. The molecule has 4 atom stereocenters. The Balaban J connectivity index is 1.37. The summed E-state index contributed by atoms with van der Waals surface area (Å²) in [6.07, 6.45) is 5.60. The van der Waals surface area contributed by atoms with E-state index in [4.69, 9.17) is 27.9 Å². The number of hydrogen-bond acceptors (Lipinski definition) is 3. The van der Waals surface area contributed by atoms with Gasteiger partial charge in [0.1, 0.15) is 0 Å². The fraction of sp³-hybridized carbons (Fsp3) is 0.600. The molecule has 5 rings (SSSR count). The summed E-state index contributed by atoms with van der Waals surface area (Å²) in [6.45, 7) is 1.59. The summed E-state index contributed by atoms with van der Waals surface area (Å²) < 4.78 is 5.43. The number of aryl methyl sites for hydroxylation is 1. The number of benzene rings is 1. The second kappa shape index (κ2) is 6.42. The quantitative estimate of drug-likeness (QED) is 0.593. The molecule has 2 unspecified atom stereocenters. The predicted octanol–water partition coefficient (Wildman–Crippen LogP) is 4.71. The zero-order chi connectivity index (χ0) is 18.5. The standard InChI is InChI=1S/C20H23Cl2NO3/c1-12-4-15(21)2-3-16(12)23-17(24)10-26-18(25)19-6-13-5-14(7-19)9-20(22,8-13)11-19/h2-4,13-14H,5-11H2,1H3,(H,23,24)/t13-,14+,19?,20?. The van der Waals surface area contributed by atoms with Crippen molar-refractivity contribution in [2.75, 3.05) is 11.9 Å². The number of halogens is 2. The topological polar surface area (TPSA) is 55.4 Å². The Labute approximate surface area is 163 Å². The van der Waals surface area contributed by atoms with Crippen LogP contribution in [0.15, 0.2) is 18.2 Å². The molecule has 6 heteroatoms. The van der Waals surface area contributed by atoms with Crippen LogP contribution in [0.3, 0.4) is 0 Å². The molecule has 0 spiro atoms. The zero-order valence-corrected chi connectivity index (χ0v) is 16.3. The maximum atomic E-state index is 12.8. The normalized spacial score (nSPS) is 34.6. The van der Waals surface area contributed by atoms with Gasteiger partial charge in [0.05, 0.1) is 5.41 Å². The summed E-state index contributed by atoms with van der Waals surface area (Å²) in [6, 6.07) is 5.23. The number of anilines is 1. The number of ether oxygens (including phenoxy) is 1. The summed E-state index contributed by atoms with van der Waals surface area (Å²) in [7, 11) is 0. The van der Waals surface area contributed by atoms with Crippen molar-refractivity contribution in [3.8, 4) is 0 Å². The molecule has 1 amide bonds. The summed E-state index contributed by atoms with van der Waals surface area (Å²) in [5, 5.41) is 3.39. The van der Waals surface area contributed by atoms with Gasteiger partial charge < -0.3 is 10.1 Å². The number of nitrogens with one attached hydrogen (secondary N) is 1. The van der Waals surface area contributed by atoms with Gasteiger partial charge in [-0.15, -0.1) is 11.6 Å². The molecule has 4 fully saturated rings. The Bertz CT molecular complexity index is 749. The first kappa shape index (κ1) is 18.1. The first-order valence-electron chi connectivity index (χ1n) is 9.19. The minimum absolute atomic E-state index is 0.244. The largest absolute Gasteiger partial charge is 0.455 e. The highest BCUT2D eigenvalue weighted by atomic mass is 35.5. The van der Waals surface area contributed by atoms with E-state index in [1.165, 1.54) is 6.42 Å². The van der Waals surface area contributed by atoms with Crippen molar-refractivity contribution >= 4 is 40.8 Å². The smallest absolute Gasteiger partial charge is 0.312 e. The van der Waals surface area contributed by atoms with Crippen LogP contribution >= 0.6 is 23.2 Å². The number of hydrogen-bond donors (Lipinski definition) is 1. The summed E-state index contributed by atoms with van der Waals surface area (Å²) in [5.41, 5.74) is 1.05. The van der Waals surface area contributed by atoms with Crippen molar-refractivity contribution in [2.45, 2.75) is 50.3 Å². The Kier molecular flexibility index (Phi) is 4.47. The molecule has 4 aliphatic rings. The number of rotatable bonds is 4. The van der Waals surface area contributed by atoms with Crippen LogP contribution in [0, 0.1) is 24.2 Å². The highest BCUT2D eigenvalue weighted by Gasteiger charge is 2.60. The number of carbonyl (C=O) groups excluding carboxylic acids is 2. The molecule has 1 aromatic carbocycles. The first-order chi connectivity index (χ1) is 12.3. The van der Waals surface area contributed by atoms with E-state index < -0.39 is 5.41 Å². The van der Waals surface area contributed by atoms with Crippen LogP contribution in [0.4, 0.5) is 5.69 Å². The fourth-order valence-electron chi connectivity index (χ4n) is 5.63. The molecular weight excluding hydrogens is 373 g/mol. The third-order valence-electron chi connectivity index (χ3n) is 6.22. The molecule has 4 nitrogen and oxygen atoms in total. The highest BCUT2D eigenvalue weighted by Crippen LogP contribution is 2.64. The van der Waals surface area contributed by atoms with Crippen LogP contribution in [0.1, 0.15) is 44.1 Å². The summed E-state index contributed by atoms with van der Waals surface area (Å²) in [5.74, 6) is 0.451. The lowest BCUT2D eigenvalue weighted by Gasteiger charge is -2.58. The van der Waals surface area contributed by atoms with Crippen LogP contribution in [0.5, 0.6) is 0 Å². The van der Waals surface area contributed by atoms with Crippen molar-refractivity contribution in [1.82, 2.24) is 0 Å². The van der Waals surface area contributed by atoms with Gasteiger partial charge in [-0.1, -0.05) is 11.6 Å². The average molecular weight is 396 g/mol. The number of esters is 1. The molecule has 4 bridgehead atoms. The maximum absolute atomic E-state index is 12.8. The molecule has 0 saturated heterocycles. The van der Waals surface area contributed by atoms with Gasteiger partial charge in [0, 0.05) is 15.6 Å². The van der Waals surface area contributed by atoms with Crippen molar-refractivity contribution in [2.24, 2.45) is 17.3 Å². The van der Waals surface area contributed by atoms with Gasteiger partial charge in [-0.2, -0.15) is 0 Å². The van der Waals surface area contributed by atoms with E-state index in [0.29, 0.717) is 29.0 Å². The van der Waals surface area contributed by atoms with Gasteiger partial charge in [0.15, 0.2) is 6.61 Å². The van der Waals surface area contributed by atoms with Gasteiger partial charge in [-0.25, -0.2) is 0 Å². The predicted molar refractivity (Wildman–Crippen MR) is 101 cm³/mol. The van der Waals surface area contributed by atoms with Gasteiger partial charge >= 0.3 is 5.97 Å². The van der Waals surface area contributed by atoms with E-state index in [1.54, 1.807) is 18.2 Å². The highest BCUT2D eigenvalue weighted by molar-refractivity contribution is 6.30. The van der Waals surface area contributed by atoms with E-state index in [-0.39, 0.29) is 23.4 Å². The van der Waals surface area contributed by atoms with Crippen molar-refractivity contribution in [3.05, 3.63) is 28.8 Å². The Morgan fingerprint density at radius 2 is 1.92 bits per heavy atom. The van der Waals surface area contributed by atoms with Gasteiger partial charge in [0.25, 0.3) is 5.91 Å². The molecule has 4 saturated carbocycles. The maximum Gasteiger partial charge on any atom is 0.312 e. The second-order valence-electron chi connectivity index (χ2n) is 8.48. The van der Waals surface area contributed by atoms with Crippen LogP contribution in [0.2, 0.25) is 5.02 Å². The molecular formula is C20H23Cl2NO3. The van der Waals surface area contributed by atoms with Crippen molar-refractivity contribution < 1.29 is 14.3 Å². The summed E-state index contributed by atoms with van der Waals surface area (Å²) >= 11 is 12.7. The second-order valence-corrected chi connectivity index (χ2v) is 9.71. The molecule has 1 N–H and O–H groups in total. The number of carbonyl (C=O) groups is 2. The average Bonchev–Trinajstić information content (AvgIpc) is 2.53. The minimum atomic E-state index is -0.484. The number of amides is 1. The van der Waals surface area contributed by atoms with Crippen molar-refractivity contribution in [1.29, 1.82) is 0 Å². The molecule has 0 aromatic heterocycles. The SMILES string of the molecule is Cc1cc(Cl)ccc1NC(=O)COC(=O)C12C[C@@H]3C[C@@H](CC(Cl)(C3)C1)C2. The van der Waals surface area contributed by atoms with E-state index >= 15 is 0 Å². The third kappa shape index (κ3) is 3.34. The minimum Gasteiger partial charge on any atom is -0.455 e. The Morgan fingerprint density at radius 1 is 1.23 bits per heavy atom. The van der Waals surface area contributed by atoms with Gasteiger partial charge in [-0.05, 0) is 81.0 Å². The summed E-state index contributed by atoms with van der Waals surface area (Å²) in [4.78, 5) is 24.8. The van der Waals surface area contributed by atoms with Crippen LogP contribution in [-0.4, -0.2) is 23.4 Å². The van der Waals surface area contributed by atoms with E-state index in [1.807, 2.05) is 6.92 Å². The zero-order valence-electron chi connectivity index (χ0n) is 14.8. The van der Waals surface area contributed by atoms with Gasteiger partial charge in [0.2, 0.25) is 0 Å². The molecule has 26 heavy (non-hydrogen) atoms. The van der Waals surface area contributed by atoms with Gasteiger partial charge in [-0.3, -0.25) is 9.59 Å². The fourth-order valence-corrected chi connectivity index (χ4v) is 6.55. The molecule has 0 heterocycles. The van der Waals surface area contributed by atoms with Crippen LogP contribution in [-0.2, 0) is 14.3 Å². The molecule has 1 aromatic rings. The third-order valence-corrected chi connectivity index (χ3v) is 6.90. The Morgan fingerprint density at radius 3 is 2.54 bits per heavy atom. The molecule has 0 radical (unpaired) electrons. The number of alkyl halides is 1. The lowest BCUT2D eigenvalue weighted by molar-refractivity contribution is -0.171. The molecule has 4 aliphatic carbocycles. The molecule has 140 valence electrons. The van der Waals surface area contributed by atoms with E-state index in [2.05, 4.69) is 5.32 Å². The van der Waals surface area contributed by atoms with Crippen molar-refractivity contribution in [3.63, 3.8) is 0 Å². The Hall–Kier alpha value is -1.26. The molecule has 0 aliphatic heterocycles. The first-order valence-corrected chi connectivity index (χ1v) is 9.95. The lowest BCUT2D eigenvalue weighted by Crippen LogP contribution is -2.56. The van der Waals surface area contributed by atoms with Crippen LogP contribution in [0.25, 0.3) is 0 Å².